The first-order valence-electron chi connectivity index (χ1n) is 5.96. The molecule has 0 atom stereocenters. The molecular formula is C15H11BrN2O2. The number of aromatic nitrogens is 2. The van der Waals surface area contributed by atoms with E-state index in [9.17, 15) is 4.79 Å². The second-order valence-corrected chi connectivity index (χ2v) is 5.24. The maximum absolute atomic E-state index is 11.6. The van der Waals surface area contributed by atoms with E-state index >= 15 is 0 Å². The highest BCUT2D eigenvalue weighted by molar-refractivity contribution is 9.10. The lowest BCUT2D eigenvalue weighted by atomic mass is 10.2. The van der Waals surface area contributed by atoms with E-state index in [1.165, 1.54) is 0 Å². The summed E-state index contributed by atoms with van der Waals surface area (Å²) in [7, 11) is 0. The van der Waals surface area contributed by atoms with Gasteiger partial charge in [-0.05, 0) is 30.3 Å². The van der Waals surface area contributed by atoms with Crippen LogP contribution in [0.15, 0.2) is 50.1 Å². The lowest BCUT2D eigenvalue weighted by Crippen LogP contribution is -2.32. The van der Waals surface area contributed by atoms with Crippen molar-refractivity contribution >= 4 is 28.6 Å². The smallest absolute Gasteiger partial charge is 0.271 e. The maximum atomic E-state index is 11.6. The van der Waals surface area contributed by atoms with Crippen LogP contribution in [0.3, 0.4) is 0 Å². The normalized spacial score (nSPS) is 11.9. The fourth-order valence-corrected chi connectivity index (χ4v) is 2.16. The van der Waals surface area contributed by atoms with Crippen molar-refractivity contribution in [2.75, 3.05) is 0 Å². The van der Waals surface area contributed by atoms with Crippen molar-refractivity contribution in [2.24, 2.45) is 0 Å². The molecule has 0 bridgehead atoms. The highest BCUT2D eigenvalue weighted by atomic mass is 79.9. The Morgan fingerprint density at radius 3 is 2.50 bits per heavy atom. The fourth-order valence-electron chi connectivity index (χ4n) is 1.90. The van der Waals surface area contributed by atoms with E-state index in [4.69, 9.17) is 4.42 Å². The summed E-state index contributed by atoms with van der Waals surface area (Å²) in [5, 5.41) is 6.17. The van der Waals surface area contributed by atoms with Gasteiger partial charge in [-0.1, -0.05) is 34.6 Å². The Morgan fingerprint density at radius 2 is 1.85 bits per heavy atom. The van der Waals surface area contributed by atoms with Crippen molar-refractivity contribution in [3.05, 3.63) is 67.6 Å². The topological polar surface area (TPSA) is 61.8 Å². The van der Waals surface area contributed by atoms with Crippen molar-refractivity contribution < 1.29 is 4.42 Å². The maximum Gasteiger partial charge on any atom is 0.271 e. The quantitative estimate of drug-likeness (QED) is 0.754. The van der Waals surface area contributed by atoms with E-state index in [2.05, 4.69) is 32.7 Å². The Labute approximate surface area is 122 Å². The SMILES string of the molecule is C=c1[nH][nH]c(=O)/c1=C\c1ccc(-c2ccc(Br)cc2)o1. The van der Waals surface area contributed by atoms with Crippen LogP contribution < -0.4 is 16.1 Å². The molecule has 5 heteroatoms. The molecular weight excluding hydrogens is 320 g/mol. The molecule has 0 amide bonds. The Bertz CT molecular complexity index is 870. The first kappa shape index (κ1) is 12.7. The number of rotatable bonds is 2. The zero-order chi connectivity index (χ0) is 14.1. The van der Waals surface area contributed by atoms with Crippen LogP contribution in [-0.2, 0) is 0 Å². The molecule has 0 unspecified atom stereocenters. The third-order valence-electron chi connectivity index (χ3n) is 2.94. The lowest BCUT2D eigenvalue weighted by molar-refractivity contribution is 0.571. The van der Waals surface area contributed by atoms with E-state index in [-0.39, 0.29) is 5.56 Å². The van der Waals surface area contributed by atoms with E-state index in [1.54, 1.807) is 6.08 Å². The molecule has 20 heavy (non-hydrogen) atoms. The summed E-state index contributed by atoms with van der Waals surface area (Å²) in [5.74, 6) is 1.36. The molecule has 0 aliphatic carbocycles. The molecule has 0 saturated carbocycles. The molecule has 100 valence electrons. The summed E-state index contributed by atoms with van der Waals surface area (Å²) in [5.41, 5.74) is 0.766. The Hall–Kier alpha value is -2.27. The van der Waals surface area contributed by atoms with Crippen LogP contribution in [0, 0.1) is 0 Å². The summed E-state index contributed by atoms with van der Waals surface area (Å²) in [4.78, 5) is 11.6. The van der Waals surface area contributed by atoms with Crippen LogP contribution in [0.1, 0.15) is 5.76 Å². The van der Waals surface area contributed by atoms with Crippen molar-refractivity contribution in [3.63, 3.8) is 0 Å². The second kappa shape index (κ2) is 5.02. The Balaban J connectivity index is 2.03. The third-order valence-corrected chi connectivity index (χ3v) is 3.47. The average molecular weight is 331 g/mol. The second-order valence-electron chi connectivity index (χ2n) is 4.32. The van der Waals surface area contributed by atoms with Crippen molar-refractivity contribution in [3.8, 4) is 11.3 Å². The zero-order valence-electron chi connectivity index (χ0n) is 10.4. The van der Waals surface area contributed by atoms with Crippen molar-refractivity contribution in [1.29, 1.82) is 0 Å². The van der Waals surface area contributed by atoms with E-state index in [0.29, 0.717) is 16.3 Å². The number of furan rings is 1. The number of benzene rings is 1. The predicted octanol–water partition coefficient (Wildman–Crippen LogP) is 1.96. The summed E-state index contributed by atoms with van der Waals surface area (Å²) in [6.45, 7) is 3.75. The molecule has 4 nitrogen and oxygen atoms in total. The molecule has 3 rings (SSSR count). The van der Waals surface area contributed by atoms with Crippen molar-refractivity contribution in [2.45, 2.75) is 0 Å². The first-order valence-corrected chi connectivity index (χ1v) is 6.76. The Morgan fingerprint density at radius 1 is 1.10 bits per heavy atom. The van der Waals surface area contributed by atoms with Gasteiger partial charge in [0.2, 0.25) is 0 Å². The van der Waals surface area contributed by atoms with Crippen LogP contribution in [0.2, 0.25) is 0 Å². The minimum Gasteiger partial charge on any atom is -0.457 e. The van der Waals surface area contributed by atoms with Gasteiger partial charge in [-0.3, -0.25) is 15.0 Å². The van der Waals surface area contributed by atoms with Gasteiger partial charge in [0.25, 0.3) is 5.56 Å². The van der Waals surface area contributed by atoms with Gasteiger partial charge in [0.15, 0.2) is 0 Å². The highest BCUT2D eigenvalue weighted by Gasteiger charge is 2.03. The molecule has 0 aliphatic heterocycles. The van der Waals surface area contributed by atoms with Gasteiger partial charge in [0.1, 0.15) is 11.5 Å². The molecule has 1 aromatic carbocycles. The number of aromatic amines is 2. The highest BCUT2D eigenvalue weighted by Crippen LogP contribution is 2.24. The molecule has 0 saturated heterocycles. The Kier molecular flexibility index (Phi) is 3.20. The zero-order valence-corrected chi connectivity index (χ0v) is 12.0. The summed E-state index contributed by atoms with van der Waals surface area (Å²) < 4.78 is 6.74. The van der Waals surface area contributed by atoms with Gasteiger partial charge in [-0.2, -0.15) is 0 Å². The lowest BCUT2D eigenvalue weighted by Gasteiger charge is -1.96. The predicted molar refractivity (Wildman–Crippen MR) is 81.6 cm³/mol. The molecule has 0 radical (unpaired) electrons. The first-order chi connectivity index (χ1) is 9.63. The van der Waals surface area contributed by atoms with Gasteiger partial charge in [-0.25, -0.2) is 0 Å². The van der Waals surface area contributed by atoms with E-state index in [1.807, 2.05) is 36.4 Å². The number of H-pyrrole nitrogens is 2. The molecule has 0 fully saturated rings. The van der Waals surface area contributed by atoms with E-state index < -0.39 is 0 Å². The van der Waals surface area contributed by atoms with Gasteiger partial charge in [0, 0.05) is 10.0 Å². The molecule has 0 spiro atoms. The van der Waals surface area contributed by atoms with Crippen molar-refractivity contribution in [1.82, 2.24) is 10.2 Å². The van der Waals surface area contributed by atoms with Gasteiger partial charge >= 0.3 is 0 Å². The van der Waals surface area contributed by atoms with Crippen LogP contribution in [0.25, 0.3) is 24.0 Å². The largest absolute Gasteiger partial charge is 0.457 e. The van der Waals surface area contributed by atoms with Crippen LogP contribution >= 0.6 is 15.9 Å². The number of hydrogen-bond acceptors (Lipinski definition) is 2. The molecule has 2 aromatic heterocycles. The summed E-state index contributed by atoms with van der Waals surface area (Å²) in [6.07, 6.45) is 1.67. The van der Waals surface area contributed by atoms with Crippen LogP contribution in [0.4, 0.5) is 0 Å². The molecule has 0 aliphatic rings. The molecule has 3 aromatic rings. The number of nitrogens with one attached hydrogen (secondary N) is 2. The molecule has 2 heterocycles. The van der Waals surface area contributed by atoms with Gasteiger partial charge in [-0.15, -0.1) is 0 Å². The van der Waals surface area contributed by atoms with Crippen LogP contribution in [-0.4, -0.2) is 10.2 Å². The average Bonchev–Trinajstić information content (AvgIpc) is 3.02. The van der Waals surface area contributed by atoms with Gasteiger partial charge < -0.3 is 4.42 Å². The number of hydrogen-bond donors (Lipinski definition) is 2. The van der Waals surface area contributed by atoms with Gasteiger partial charge in [0.05, 0.1) is 10.6 Å². The minimum atomic E-state index is -0.211. The standard InChI is InChI=1S/C15H11BrN2O2/c1-9-13(15(19)18-17-9)8-12-6-7-14(20-12)10-2-4-11(16)5-3-10/h2-8,17H,1H2,(H,18,19)/b13-8-. The monoisotopic (exact) mass is 330 g/mol. The fraction of sp³-hybridized carbons (Fsp3) is 0. The third kappa shape index (κ3) is 2.40. The summed E-state index contributed by atoms with van der Waals surface area (Å²) >= 11 is 3.39. The van der Waals surface area contributed by atoms with E-state index in [0.717, 1.165) is 15.8 Å². The minimum absolute atomic E-state index is 0.211. The summed E-state index contributed by atoms with van der Waals surface area (Å²) in [6, 6.07) is 11.5. The van der Waals surface area contributed by atoms with Crippen LogP contribution in [0.5, 0.6) is 0 Å². The molecule has 2 N–H and O–H groups in total. The number of halogens is 1.